The zero-order valence-corrected chi connectivity index (χ0v) is 28.5. The van der Waals surface area contributed by atoms with Crippen LogP contribution in [0.4, 0.5) is 0 Å². The molecule has 44 heavy (non-hydrogen) atoms. The lowest BCUT2D eigenvalue weighted by Crippen LogP contribution is -2.60. The Bertz CT molecular complexity index is 1150. The minimum atomic E-state index is -1.25. The lowest BCUT2D eigenvalue weighted by Gasteiger charge is -2.64. The first-order valence-corrected chi connectivity index (χ1v) is 17.7. The maximum Gasteiger partial charge on any atom is 0.303 e. The van der Waals surface area contributed by atoms with E-state index < -0.39 is 29.9 Å². The highest BCUT2D eigenvalue weighted by Gasteiger charge is 2.84. The molecule has 14 atom stereocenters. The predicted octanol–water partition coefficient (Wildman–Crippen LogP) is 4.83. The van der Waals surface area contributed by atoms with Gasteiger partial charge < -0.3 is 34.5 Å². The Morgan fingerprint density at radius 1 is 1.05 bits per heavy atom. The lowest BCUT2D eigenvalue weighted by molar-refractivity contribution is -0.237. The number of carbonyl (C=O) groups is 1. The molecule has 3 N–H and O–H groups in total. The van der Waals surface area contributed by atoms with E-state index in [1.165, 1.54) is 32.6 Å². The highest BCUT2D eigenvalue weighted by molar-refractivity contribution is 5.66. The highest BCUT2D eigenvalue weighted by Crippen LogP contribution is 2.89. The second-order valence-corrected chi connectivity index (χ2v) is 17.9. The topological polar surface area (TPSA) is 106 Å². The second kappa shape index (κ2) is 10.1. The molecule has 0 bridgehead atoms. The standard InChI is InChI=1S/C36H59NO7/c1-20-17-22(30(32(5,6)40)42-21(2)38)43-28-27(20)33(7)13-14-36-19-35(36)12-11-25(44-26-18-37-15-16-41-26)31(3,4)23(35)9-10-24(36)34(33,8)29(28)39/h20,22-30,37,39-40H,9-19H2,1-8H3/t20-,22?,23+,24?,25+,26+,27+,28?,29+,30+,33-,34-,35?,36+/m1/s1. The van der Waals surface area contributed by atoms with Crippen LogP contribution in [0.3, 0.4) is 0 Å². The highest BCUT2D eigenvalue weighted by atomic mass is 16.7. The van der Waals surface area contributed by atoms with Crippen LogP contribution in [0, 0.1) is 50.7 Å². The Kier molecular flexibility index (Phi) is 7.32. The van der Waals surface area contributed by atoms with Gasteiger partial charge in [-0.2, -0.15) is 0 Å². The van der Waals surface area contributed by atoms with Gasteiger partial charge in [-0.15, -0.1) is 0 Å². The van der Waals surface area contributed by atoms with Crippen molar-refractivity contribution in [3.63, 3.8) is 0 Å². The molecular weight excluding hydrogens is 558 g/mol. The van der Waals surface area contributed by atoms with Crippen molar-refractivity contribution in [2.75, 3.05) is 19.7 Å². The number of ether oxygens (including phenoxy) is 4. The number of aliphatic hydroxyl groups is 2. The molecular formula is C36H59NO7. The first-order chi connectivity index (χ1) is 20.5. The number of nitrogens with one attached hydrogen (secondary N) is 1. The van der Waals surface area contributed by atoms with Crippen LogP contribution in [-0.2, 0) is 23.7 Å². The van der Waals surface area contributed by atoms with E-state index in [1.54, 1.807) is 13.8 Å². The first-order valence-electron chi connectivity index (χ1n) is 17.7. The Morgan fingerprint density at radius 3 is 2.41 bits per heavy atom. The summed E-state index contributed by atoms with van der Waals surface area (Å²) in [7, 11) is 0. The third-order valence-corrected chi connectivity index (χ3v) is 15.3. The molecule has 7 fully saturated rings. The van der Waals surface area contributed by atoms with E-state index in [4.69, 9.17) is 18.9 Å². The fourth-order valence-corrected chi connectivity index (χ4v) is 13.4. The third-order valence-electron chi connectivity index (χ3n) is 15.3. The number of hydrogen-bond acceptors (Lipinski definition) is 8. The van der Waals surface area contributed by atoms with Gasteiger partial charge in [0.1, 0.15) is 0 Å². The van der Waals surface area contributed by atoms with Gasteiger partial charge in [-0.3, -0.25) is 4.79 Å². The maximum atomic E-state index is 12.5. The molecule has 8 heteroatoms. The van der Waals surface area contributed by atoms with Gasteiger partial charge >= 0.3 is 5.97 Å². The number of aliphatic hydroxyl groups excluding tert-OH is 1. The van der Waals surface area contributed by atoms with Crippen LogP contribution in [-0.4, -0.2) is 78.3 Å². The minimum Gasteiger partial charge on any atom is -0.457 e. The molecule has 2 aliphatic heterocycles. The minimum absolute atomic E-state index is 0.0409. The number of hydrogen-bond donors (Lipinski definition) is 3. The summed E-state index contributed by atoms with van der Waals surface area (Å²) in [6, 6.07) is 0. The van der Waals surface area contributed by atoms with E-state index in [1.807, 2.05) is 0 Å². The van der Waals surface area contributed by atoms with Crippen LogP contribution in [0.1, 0.15) is 107 Å². The summed E-state index contributed by atoms with van der Waals surface area (Å²) >= 11 is 0. The average molecular weight is 618 g/mol. The SMILES string of the molecule is CC(=O)O[C@@H](C1C[C@@H](C)[C@H]2C(O1)[C@H](O)[C@@]1(C)C3CC[C@H]4C(C)(C)[C@@H](O[C@H]5CNCCO5)CCC45C[C@@]35CC[C@]21C)C(C)(C)O. The third kappa shape index (κ3) is 4.12. The van der Waals surface area contributed by atoms with E-state index in [0.29, 0.717) is 30.3 Å². The first kappa shape index (κ1) is 31.8. The van der Waals surface area contributed by atoms with Crippen LogP contribution in [0.2, 0.25) is 0 Å². The van der Waals surface area contributed by atoms with Gasteiger partial charge in [-0.1, -0.05) is 34.6 Å². The van der Waals surface area contributed by atoms with Gasteiger partial charge in [-0.05, 0) is 111 Å². The van der Waals surface area contributed by atoms with Crippen molar-refractivity contribution in [1.29, 1.82) is 0 Å². The molecule has 250 valence electrons. The Labute approximate surface area is 264 Å². The largest absolute Gasteiger partial charge is 0.457 e. The molecule has 0 amide bonds. The smallest absolute Gasteiger partial charge is 0.303 e. The number of rotatable bonds is 5. The van der Waals surface area contributed by atoms with Crippen molar-refractivity contribution >= 4 is 5.97 Å². The predicted molar refractivity (Wildman–Crippen MR) is 165 cm³/mol. The summed E-state index contributed by atoms with van der Waals surface area (Å²) in [5, 5.41) is 26.9. The zero-order chi connectivity index (χ0) is 31.7. The van der Waals surface area contributed by atoms with Crippen molar-refractivity contribution in [1.82, 2.24) is 5.32 Å². The van der Waals surface area contributed by atoms with E-state index in [0.717, 1.165) is 32.4 Å². The number of esters is 1. The second-order valence-electron chi connectivity index (χ2n) is 17.9. The van der Waals surface area contributed by atoms with Crippen molar-refractivity contribution < 1.29 is 34.0 Å². The molecule has 4 unspecified atom stereocenters. The van der Waals surface area contributed by atoms with Gasteiger partial charge in [0.05, 0.1) is 36.6 Å². The lowest BCUT2D eigenvalue weighted by atomic mass is 9.41. The van der Waals surface area contributed by atoms with E-state index in [2.05, 4.69) is 39.9 Å². The fourth-order valence-electron chi connectivity index (χ4n) is 13.4. The van der Waals surface area contributed by atoms with E-state index in [-0.39, 0.29) is 52.0 Å². The van der Waals surface area contributed by atoms with Gasteiger partial charge in [0, 0.05) is 25.4 Å². The molecule has 7 aliphatic rings. The number of carbonyl (C=O) groups excluding carboxylic acids is 1. The molecule has 0 aromatic heterocycles. The molecule has 0 radical (unpaired) electrons. The fraction of sp³-hybridized carbons (Fsp3) is 0.972. The van der Waals surface area contributed by atoms with Crippen LogP contribution >= 0.6 is 0 Å². The molecule has 5 aliphatic carbocycles. The van der Waals surface area contributed by atoms with Gasteiger partial charge in [0.15, 0.2) is 12.4 Å². The molecule has 2 heterocycles. The van der Waals surface area contributed by atoms with Crippen LogP contribution < -0.4 is 5.32 Å². The molecule has 5 saturated carbocycles. The Hall–Kier alpha value is -0.770. The maximum absolute atomic E-state index is 12.5. The summed E-state index contributed by atoms with van der Waals surface area (Å²) in [6.07, 6.45) is 6.87. The summed E-state index contributed by atoms with van der Waals surface area (Å²) in [6.45, 7) is 19.2. The quantitative estimate of drug-likeness (QED) is 0.377. The summed E-state index contributed by atoms with van der Waals surface area (Å²) in [5.74, 6) is 1.16. The van der Waals surface area contributed by atoms with E-state index >= 15 is 0 Å². The summed E-state index contributed by atoms with van der Waals surface area (Å²) in [5.41, 5.74) is -0.862. The Morgan fingerprint density at radius 2 is 1.75 bits per heavy atom. The number of fused-ring (bicyclic) bond motifs is 4. The monoisotopic (exact) mass is 617 g/mol. The Balaban J connectivity index is 1.16. The average Bonchev–Trinajstić information content (AvgIpc) is 3.58. The molecule has 8 nitrogen and oxygen atoms in total. The van der Waals surface area contributed by atoms with Crippen LogP contribution in [0.25, 0.3) is 0 Å². The van der Waals surface area contributed by atoms with Crippen molar-refractivity contribution in [3.8, 4) is 0 Å². The molecule has 7 rings (SSSR count). The molecule has 0 aromatic carbocycles. The zero-order valence-electron chi connectivity index (χ0n) is 28.5. The van der Waals surface area contributed by atoms with Crippen LogP contribution in [0.15, 0.2) is 0 Å². The summed E-state index contributed by atoms with van der Waals surface area (Å²) in [4.78, 5) is 12.0. The van der Waals surface area contributed by atoms with E-state index in [9.17, 15) is 15.0 Å². The van der Waals surface area contributed by atoms with Gasteiger partial charge in [0.2, 0.25) is 0 Å². The van der Waals surface area contributed by atoms with Gasteiger partial charge in [-0.25, -0.2) is 0 Å². The van der Waals surface area contributed by atoms with Gasteiger partial charge in [0.25, 0.3) is 0 Å². The van der Waals surface area contributed by atoms with Crippen LogP contribution in [0.5, 0.6) is 0 Å². The van der Waals surface area contributed by atoms with Crippen molar-refractivity contribution in [3.05, 3.63) is 0 Å². The number of morpholine rings is 1. The van der Waals surface area contributed by atoms with Crippen molar-refractivity contribution in [2.24, 2.45) is 50.7 Å². The van der Waals surface area contributed by atoms with Crippen molar-refractivity contribution in [2.45, 2.75) is 149 Å². The normalized spacial score (nSPS) is 53.3. The molecule has 0 aromatic rings. The molecule has 2 spiro atoms. The molecule has 2 saturated heterocycles. The summed E-state index contributed by atoms with van der Waals surface area (Å²) < 4.78 is 25.2.